The number of nitrogens with zero attached hydrogens (tertiary/aromatic N) is 2. The maximum absolute atomic E-state index is 13.8. The number of hydrogen-bond acceptors (Lipinski definition) is 5. The number of anilines is 1. The summed E-state index contributed by atoms with van der Waals surface area (Å²) in [6.07, 6.45) is 0. The molecule has 2 amide bonds. The number of hydrogen-bond donors (Lipinski definition) is 1. The van der Waals surface area contributed by atoms with Crippen molar-refractivity contribution in [1.29, 1.82) is 0 Å². The van der Waals surface area contributed by atoms with Crippen LogP contribution in [0.15, 0.2) is 71.6 Å². The Morgan fingerprint density at radius 2 is 1.53 bits per heavy atom. The van der Waals surface area contributed by atoms with Crippen LogP contribution >= 0.6 is 34.8 Å². The number of ether oxygens (including phenoxy) is 1. The molecule has 38 heavy (non-hydrogen) atoms. The molecule has 0 heterocycles. The summed E-state index contributed by atoms with van der Waals surface area (Å²) in [6.45, 7) is 0.800. The SMILES string of the molecule is CNC(=O)[C@@H](C)N(Cc1c(Cl)cccc1Cl)C(=O)CN(c1ccc(Cl)cc1)S(=O)(=O)c1ccc(OC)cc1. The zero-order valence-corrected chi connectivity index (χ0v) is 23.9. The fourth-order valence-electron chi connectivity index (χ4n) is 3.66. The first-order valence-electron chi connectivity index (χ1n) is 11.4. The highest BCUT2D eigenvalue weighted by Crippen LogP contribution is 2.29. The Morgan fingerprint density at radius 3 is 2.05 bits per heavy atom. The van der Waals surface area contributed by atoms with Crippen molar-refractivity contribution in [2.75, 3.05) is 25.0 Å². The maximum Gasteiger partial charge on any atom is 0.264 e. The van der Waals surface area contributed by atoms with Gasteiger partial charge in [-0.2, -0.15) is 0 Å². The molecular formula is C26H26Cl3N3O5S. The first kappa shape index (κ1) is 29.6. The number of methoxy groups -OCH3 is 1. The molecule has 0 saturated heterocycles. The quantitative estimate of drug-likeness (QED) is 0.354. The fourth-order valence-corrected chi connectivity index (χ4v) is 5.71. The van der Waals surface area contributed by atoms with Crippen LogP contribution in [0.4, 0.5) is 5.69 Å². The predicted octanol–water partition coefficient (Wildman–Crippen LogP) is 5.01. The van der Waals surface area contributed by atoms with Gasteiger partial charge in [0.15, 0.2) is 0 Å². The van der Waals surface area contributed by atoms with E-state index in [1.54, 1.807) is 18.2 Å². The zero-order chi connectivity index (χ0) is 28.0. The summed E-state index contributed by atoms with van der Waals surface area (Å²) in [5, 5.41) is 3.52. The Morgan fingerprint density at radius 1 is 0.947 bits per heavy atom. The first-order chi connectivity index (χ1) is 18.0. The summed E-state index contributed by atoms with van der Waals surface area (Å²) < 4.78 is 33.6. The van der Waals surface area contributed by atoms with Crippen LogP contribution in [-0.2, 0) is 26.2 Å². The highest BCUT2D eigenvalue weighted by molar-refractivity contribution is 7.92. The monoisotopic (exact) mass is 597 g/mol. The minimum Gasteiger partial charge on any atom is -0.497 e. The molecule has 1 N–H and O–H groups in total. The molecule has 0 aliphatic carbocycles. The molecule has 3 rings (SSSR count). The molecule has 0 aliphatic heterocycles. The molecule has 0 bridgehead atoms. The molecule has 0 saturated carbocycles. The molecule has 0 aromatic heterocycles. The van der Waals surface area contributed by atoms with Crippen molar-refractivity contribution in [1.82, 2.24) is 10.2 Å². The normalized spacial score (nSPS) is 11.9. The van der Waals surface area contributed by atoms with Crippen LogP contribution in [0.25, 0.3) is 0 Å². The standard InChI is InChI=1S/C26H26Cl3N3O5S/c1-17(26(34)30-2)31(15-22-23(28)5-4-6-24(22)29)25(33)16-32(19-9-7-18(27)8-10-19)38(35,36)21-13-11-20(37-3)12-14-21/h4-14,17H,15-16H2,1-3H3,(H,30,34)/t17-/m1/s1. The molecule has 0 fully saturated rings. The van der Waals surface area contributed by atoms with Crippen LogP contribution in [0.1, 0.15) is 12.5 Å². The van der Waals surface area contributed by atoms with Gasteiger partial charge in [-0.1, -0.05) is 40.9 Å². The molecule has 202 valence electrons. The van der Waals surface area contributed by atoms with Crippen LogP contribution in [0.5, 0.6) is 5.75 Å². The molecule has 12 heteroatoms. The second-order valence-electron chi connectivity index (χ2n) is 8.18. The summed E-state index contributed by atoms with van der Waals surface area (Å²) >= 11 is 18.7. The van der Waals surface area contributed by atoms with E-state index >= 15 is 0 Å². The fraction of sp³-hybridized carbons (Fsp3) is 0.231. The Hall–Kier alpha value is -2.98. The van der Waals surface area contributed by atoms with Crippen LogP contribution in [0.3, 0.4) is 0 Å². The van der Waals surface area contributed by atoms with Gasteiger partial charge in [-0.05, 0) is 67.6 Å². The number of benzene rings is 3. The van der Waals surface area contributed by atoms with E-state index in [0.29, 0.717) is 26.4 Å². The third-order valence-electron chi connectivity index (χ3n) is 5.84. The molecule has 0 unspecified atom stereocenters. The summed E-state index contributed by atoms with van der Waals surface area (Å²) in [5.41, 5.74) is 0.637. The van der Waals surface area contributed by atoms with E-state index < -0.39 is 34.4 Å². The second kappa shape index (κ2) is 12.7. The number of nitrogens with one attached hydrogen (secondary N) is 1. The van der Waals surface area contributed by atoms with Crippen molar-refractivity contribution in [3.63, 3.8) is 0 Å². The van der Waals surface area contributed by atoms with Crippen molar-refractivity contribution in [3.8, 4) is 5.75 Å². The Labute approximate surface area is 237 Å². The molecule has 0 radical (unpaired) electrons. The summed E-state index contributed by atoms with van der Waals surface area (Å²) in [5.74, 6) is -0.623. The molecule has 3 aromatic carbocycles. The van der Waals surface area contributed by atoms with E-state index in [0.717, 1.165) is 4.31 Å². The largest absolute Gasteiger partial charge is 0.497 e. The molecular weight excluding hydrogens is 573 g/mol. The highest BCUT2D eigenvalue weighted by atomic mass is 35.5. The van der Waals surface area contributed by atoms with Crippen molar-refractivity contribution >= 4 is 62.3 Å². The summed E-state index contributed by atoms with van der Waals surface area (Å²) in [4.78, 5) is 27.5. The Bertz CT molecular complexity index is 1380. The van der Waals surface area contributed by atoms with E-state index in [-0.39, 0.29) is 17.1 Å². The van der Waals surface area contributed by atoms with Crippen LogP contribution in [-0.4, -0.2) is 51.9 Å². The predicted molar refractivity (Wildman–Crippen MR) is 150 cm³/mol. The van der Waals surface area contributed by atoms with E-state index in [1.807, 2.05) is 0 Å². The van der Waals surface area contributed by atoms with Gasteiger partial charge in [-0.3, -0.25) is 13.9 Å². The average molecular weight is 599 g/mol. The third-order valence-corrected chi connectivity index (χ3v) is 8.59. The molecule has 0 spiro atoms. The van der Waals surface area contributed by atoms with E-state index in [9.17, 15) is 18.0 Å². The number of carbonyl (C=O) groups excluding carboxylic acids is 2. The molecule has 8 nitrogen and oxygen atoms in total. The number of halogens is 3. The Kier molecular flexibility index (Phi) is 9.89. The van der Waals surface area contributed by atoms with Crippen molar-refractivity contribution in [2.45, 2.75) is 24.4 Å². The number of sulfonamides is 1. The smallest absolute Gasteiger partial charge is 0.264 e. The highest BCUT2D eigenvalue weighted by Gasteiger charge is 2.33. The molecule has 0 aliphatic rings. The van der Waals surface area contributed by atoms with Gasteiger partial charge in [0.2, 0.25) is 11.8 Å². The van der Waals surface area contributed by atoms with Gasteiger partial charge in [0.05, 0.1) is 17.7 Å². The van der Waals surface area contributed by atoms with E-state index in [2.05, 4.69) is 5.32 Å². The maximum atomic E-state index is 13.8. The topological polar surface area (TPSA) is 96.0 Å². The summed E-state index contributed by atoms with van der Waals surface area (Å²) in [7, 11) is -1.32. The van der Waals surface area contributed by atoms with Crippen LogP contribution < -0.4 is 14.4 Å². The first-order valence-corrected chi connectivity index (χ1v) is 13.9. The zero-order valence-electron chi connectivity index (χ0n) is 20.8. The third kappa shape index (κ3) is 6.71. The van der Waals surface area contributed by atoms with Crippen LogP contribution in [0, 0.1) is 0 Å². The summed E-state index contributed by atoms with van der Waals surface area (Å²) in [6, 6.07) is 15.7. The number of likely N-dealkylation sites (N-methyl/N-ethyl adjacent to an activating group) is 1. The van der Waals surface area contributed by atoms with Gasteiger partial charge in [-0.25, -0.2) is 8.42 Å². The van der Waals surface area contributed by atoms with E-state index in [4.69, 9.17) is 39.5 Å². The van der Waals surface area contributed by atoms with Crippen molar-refractivity contribution in [3.05, 3.63) is 87.4 Å². The van der Waals surface area contributed by atoms with Crippen LogP contribution in [0.2, 0.25) is 15.1 Å². The average Bonchev–Trinajstić information content (AvgIpc) is 2.91. The van der Waals surface area contributed by atoms with E-state index in [1.165, 1.54) is 74.5 Å². The second-order valence-corrected chi connectivity index (χ2v) is 11.3. The molecule has 3 aromatic rings. The van der Waals surface area contributed by atoms with Gasteiger partial charge in [-0.15, -0.1) is 0 Å². The van der Waals surface area contributed by atoms with Gasteiger partial charge >= 0.3 is 0 Å². The lowest BCUT2D eigenvalue weighted by molar-refractivity contribution is -0.139. The lowest BCUT2D eigenvalue weighted by Gasteiger charge is -2.32. The lowest BCUT2D eigenvalue weighted by atomic mass is 10.1. The van der Waals surface area contributed by atoms with Gasteiger partial charge < -0.3 is 15.0 Å². The number of amides is 2. The number of rotatable bonds is 10. The number of carbonyl (C=O) groups is 2. The lowest BCUT2D eigenvalue weighted by Crippen LogP contribution is -2.50. The minimum absolute atomic E-state index is 0.0545. The molecule has 1 atom stereocenters. The Balaban J connectivity index is 2.06. The van der Waals surface area contributed by atoms with Gasteiger partial charge in [0, 0.05) is 34.2 Å². The minimum atomic E-state index is -4.23. The van der Waals surface area contributed by atoms with Gasteiger partial charge in [0.1, 0.15) is 18.3 Å². The van der Waals surface area contributed by atoms with Crippen molar-refractivity contribution in [2.24, 2.45) is 0 Å². The van der Waals surface area contributed by atoms with Gasteiger partial charge in [0.25, 0.3) is 10.0 Å². The van der Waals surface area contributed by atoms with Crippen molar-refractivity contribution < 1.29 is 22.7 Å².